The Morgan fingerprint density at radius 1 is 1.41 bits per heavy atom. The van der Waals surface area contributed by atoms with Crippen LogP contribution in [0, 0.1) is 0 Å². The van der Waals surface area contributed by atoms with Crippen molar-refractivity contribution in [2.24, 2.45) is 0 Å². The minimum atomic E-state index is 0.294. The van der Waals surface area contributed by atoms with Gasteiger partial charge in [-0.15, -0.1) is 0 Å². The maximum absolute atomic E-state index is 12.1. The molecule has 2 aliphatic heterocycles. The van der Waals surface area contributed by atoms with Gasteiger partial charge in [0.25, 0.3) is 0 Å². The molecule has 0 aliphatic carbocycles. The highest BCUT2D eigenvalue weighted by atomic mass is 16.5. The molecule has 2 fully saturated rings. The first-order valence-electron chi connectivity index (χ1n) is 6.82. The first-order chi connectivity index (χ1) is 8.16. The van der Waals surface area contributed by atoms with E-state index in [9.17, 15) is 4.79 Å². The number of hydrogen-bond donors (Lipinski definition) is 1. The summed E-state index contributed by atoms with van der Waals surface area (Å²) in [5.41, 5.74) is 0. The summed E-state index contributed by atoms with van der Waals surface area (Å²) in [6.07, 6.45) is 4.48. The molecule has 0 aromatic heterocycles. The molecule has 2 aliphatic rings. The highest BCUT2D eigenvalue weighted by Gasteiger charge is 2.26. The van der Waals surface area contributed by atoms with Gasteiger partial charge in [-0.3, -0.25) is 4.79 Å². The Kier molecular flexibility index (Phi) is 4.40. The van der Waals surface area contributed by atoms with Gasteiger partial charge in [0, 0.05) is 32.1 Å². The molecule has 4 heteroatoms. The summed E-state index contributed by atoms with van der Waals surface area (Å²) in [5.74, 6) is 0.294. The zero-order chi connectivity index (χ0) is 12.3. The number of rotatable bonds is 3. The van der Waals surface area contributed by atoms with Crippen LogP contribution >= 0.6 is 0 Å². The van der Waals surface area contributed by atoms with Gasteiger partial charge >= 0.3 is 0 Å². The van der Waals surface area contributed by atoms with E-state index >= 15 is 0 Å². The van der Waals surface area contributed by atoms with Gasteiger partial charge in [0.15, 0.2) is 0 Å². The van der Waals surface area contributed by atoms with Crippen LogP contribution in [0.5, 0.6) is 0 Å². The number of piperazine rings is 1. The van der Waals surface area contributed by atoms with Gasteiger partial charge in [0.2, 0.25) is 5.91 Å². The number of ether oxygens (including phenoxy) is 1. The zero-order valence-electron chi connectivity index (χ0n) is 10.9. The normalized spacial score (nSPS) is 34.0. The van der Waals surface area contributed by atoms with Crippen molar-refractivity contribution in [3.8, 4) is 0 Å². The van der Waals surface area contributed by atoms with E-state index in [1.54, 1.807) is 0 Å². The molecule has 0 saturated carbocycles. The van der Waals surface area contributed by atoms with Crippen molar-refractivity contribution in [3.63, 3.8) is 0 Å². The molecule has 0 bridgehead atoms. The Morgan fingerprint density at radius 2 is 2.24 bits per heavy atom. The Balaban J connectivity index is 1.73. The maximum Gasteiger partial charge on any atom is 0.222 e. The molecule has 0 aromatic carbocycles. The monoisotopic (exact) mass is 240 g/mol. The first kappa shape index (κ1) is 12.8. The van der Waals surface area contributed by atoms with Gasteiger partial charge in [-0.1, -0.05) is 0 Å². The third-order valence-electron chi connectivity index (χ3n) is 3.82. The van der Waals surface area contributed by atoms with E-state index < -0.39 is 0 Å². The van der Waals surface area contributed by atoms with E-state index in [0.717, 1.165) is 38.9 Å². The molecular formula is C13H24N2O2. The van der Waals surface area contributed by atoms with E-state index in [-0.39, 0.29) is 0 Å². The molecular weight excluding hydrogens is 216 g/mol. The zero-order valence-corrected chi connectivity index (χ0v) is 10.9. The predicted molar refractivity (Wildman–Crippen MR) is 66.8 cm³/mol. The predicted octanol–water partition coefficient (Wildman–Crippen LogP) is 1.15. The molecule has 0 unspecified atom stereocenters. The van der Waals surface area contributed by atoms with E-state index in [0.29, 0.717) is 30.6 Å². The lowest BCUT2D eigenvalue weighted by molar-refractivity contribution is -0.134. The fraction of sp³-hybridized carbons (Fsp3) is 0.923. The standard InChI is InChI=1S/C13H24N2O2/c1-10-9-14-7-8-15(10)13(16)6-5-12-4-3-11(2)17-12/h10-12,14H,3-9H2,1-2H3/t10-,11-,12+/m1/s1. The van der Waals surface area contributed by atoms with E-state index in [1.165, 1.54) is 0 Å². The number of carbonyl (C=O) groups excluding carboxylic acids is 1. The van der Waals surface area contributed by atoms with E-state index in [4.69, 9.17) is 4.74 Å². The lowest BCUT2D eigenvalue weighted by atomic mass is 10.1. The Labute approximate surface area is 104 Å². The second kappa shape index (κ2) is 5.83. The van der Waals surface area contributed by atoms with Crippen LogP contribution in [-0.4, -0.2) is 48.7 Å². The van der Waals surface area contributed by atoms with Crippen molar-refractivity contribution < 1.29 is 9.53 Å². The van der Waals surface area contributed by atoms with E-state index in [2.05, 4.69) is 19.2 Å². The second-order valence-corrected chi connectivity index (χ2v) is 5.33. The summed E-state index contributed by atoms with van der Waals surface area (Å²) in [4.78, 5) is 14.1. The highest BCUT2D eigenvalue weighted by Crippen LogP contribution is 2.23. The molecule has 0 radical (unpaired) electrons. The van der Waals surface area contributed by atoms with Gasteiger partial charge in [0.1, 0.15) is 0 Å². The van der Waals surface area contributed by atoms with Crippen LogP contribution in [-0.2, 0) is 9.53 Å². The third kappa shape index (κ3) is 3.42. The topological polar surface area (TPSA) is 41.6 Å². The van der Waals surface area contributed by atoms with Crippen LogP contribution in [0.2, 0.25) is 0 Å². The van der Waals surface area contributed by atoms with E-state index in [1.807, 2.05) is 4.90 Å². The second-order valence-electron chi connectivity index (χ2n) is 5.33. The molecule has 3 atom stereocenters. The molecule has 4 nitrogen and oxygen atoms in total. The van der Waals surface area contributed by atoms with Crippen LogP contribution in [0.3, 0.4) is 0 Å². The van der Waals surface area contributed by atoms with Crippen molar-refractivity contribution in [1.82, 2.24) is 10.2 Å². The van der Waals surface area contributed by atoms with Crippen molar-refractivity contribution in [3.05, 3.63) is 0 Å². The number of nitrogens with zero attached hydrogens (tertiary/aromatic N) is 1. The van der Waals surface area contributed by atoms with Gasteiger partial charge < -0.3 is 15.0 Å². The fourth-order valence-corrected chi connectivity index (χ4v) is 2.74. The van der Waals surface area contributed by atoms with Crippen molar-refractivity contribution in [1.29, 1.82) is 0 Å². The number of hydrogen-bond acceptors (Lipinski definition) is 3. The van der Waals surface area contributed by atoms with Crippen LogP contribution in [0.1, 0.15) is 39.5 Å². The Morgan fingerprint density at radius 3 is 2.88 bits per heavy atom. The van der Waals surface area contributed by atoms with Gasteiger partial charge in [-0.25, -0.2) is 0 Å². The lowest BCUT2D eigenvalue weighted by Gasteiger charge is -2.34. The molecule has 0 aromatic rings. The van der Waals surface area contributed by atoms with Crippen molar-refractivity contribution in [2.75, 3.05) is 19.6 Å². The van der Waals surface area contributed by atoms with Crippen LogP contribution in [0.15, 0.2) is 0 Å². The Bertz CT molecular complexity index is 270. The highest BCUT2D eigenvalue weighted by molar-refractivity contribution is 5.76. The quantitative estimate of drug-likeness (QED) is 0.804. The first-order valence-corrected chi connectivity index (χ1v) is 6.82. The molecule has 1 N–H and O–H groups in total. The summed E-state index contributed by atoms with van der Waals surface area (Å²) >= 11 is 0. The van der Waals surface area contributed by atoms with Crippen molar-refractivity contribution in [2.45, 2.75) is 57.8 Å². The largest absolute Gasteiger partial charge is 0.375 e. The van der Waals surface area contributed by atoms with Gasteiger partial charge in [-0.05, 0) is 33.1 Å². The minimum Gasteiger partial charge on any atom is -0.375 e. The molecule has 2 rings (SSSR count). The summed E-state index contributed by atoms with van der Waals surface area (Å²) in [6.45, 7) is 6.91. The van der Waals surface area contributed by atoms with Gasteiger partial charge in [0.05, 0.1) is 12.2 Å². The molecule has 98 valence electrons. The molecule has 0 spiro atoms. The average Bonchev–Trinajstić information content (AvgIpc) is 2.73. The molecule has 17 heavy (non-hydrogen) atoms. The molecule has 2 heterocycles. The maximum atomic E-state index is 12.1. The fourth-order valence-electron chi connectivity index (χ4n) is 2.74. The summed E-state index contributed by atoms with van der Waals surface area (Å²) in [5, 5.41) is 3.30. The number of carbonyl (C=O) groups is 1. The van der Waals surface area contributed by atoms with Crippen LogP contribution < -0.4 is 5.32 Å². The molecule has 1 amide bonds. The number of nitrogens with one attached hydrogen (secondary N) is 1. The summed E-state index contributed by atoms with van der Waals surface area (Å²) in [7, 11) is 0. The molecule has 2 saturated heterocycles. The Hall–Kier alpha value is -0.610. The summed E-state index contributed by atoms with van der Waals surface area (Å²) < 4.78 is 5.74. The average molecular weight is 240 g/mol. The van der Waals surface area contributed by atoms with Crippen LogP contribution in [0.4, 0.5) is 0 Å². The lowest BCUT2D eigenvalue weighted by Crippen LogP contribution is -2.52. The summed E-state index contributed by atoms with van der Waals surface area (Å²) in [6, 6.07) is 0.333. The van der Waals surface area contributed by atoms with Gasteiger partial charge in [-0.2, -0.15) is 0 Å². The SMILES string of the molecule is C[C@@H]1CC[C@@H](CCC(=O)N2CCNC[C@H]2C)O1. The third-order valence-corrected chi connectivity index (χ3v) is 3.82. The minimum absolute atomic E-state index is 0.294. The number of amides is 1. The van der Waals surface area contributed by atoms with Crippen molar-refractivity contribution >= 4 is 5.91 Å². The smallest absolute Gasteiger partial charge is 0.222 e. The van der Waals surface area contributed by atoms with Crippen LogP contribution in [0.25, 0.3) is 0 Å².